The molecule has 0 radical (unpaired) electrons. The summed E-state index contributed by atoms with van der Waals surface area (Å²) < 4.78 is 10.9. The molecule has 0 fully saturated rings. The smallest absolute Gasteiger partial charge is 0.337 e. The number of hydrogen-bond acceptors (Lipinski definition) is 4. The Hall–Kier alpha value is -1.21. The summed E-state index contributed by atoms with van der Waals surface area (Å²) in [7, 11) is 1.34. The van der Waals surface area contributed by atoms with Gasteiger partial charge in [-0.2, -0.15) is 0 Å². The summed E-state index contributed by atoms with van der Waals surface area (Å²) in [5.41, 5.74) is 1.11. The number of furan rings is 1. The van der Waals surface area contributed by atoms with Crippen molar-refractivity contribution in [2.24, 2.45) is 0 Å². The lowest BCUT2D eigenvalue weighted by Gasteiger charge is -2.08. The molecule has 0 atom stereocenters. The van der Waals surface area contributed by atoms with Crippen LogP contribution in [0.25, 0.3) is 0 Å². The second kappa shape index (κ2) is 6.29. The third-order valence-electron chi connectivity index (χ3n) is 2.47. The molecular formula is C13H11ClINO3. The topological polar surface area (TPSA) is 51.5 Å². The number of carbonyl (C=O) groups is 1. The van der Waals surface area contributed by atoms with Crippen LogP contribution in [0.3, 0.4) is 0 Å². The van der Waals surface area contributed by atoms with Crippen LogP contribution in [0.4, 0.5) is 5.69 Å². The zero-order valence-electron chi connectivity index (χ0n) is 10.1. The molecule has 19 heavy (non-hydrogen) atoms. The second-order valence-corrected chi connectivity index (χ2v) is 5.22. The van der Waals surface area contributed by atoms with Crippen LogP contribution in [0.2, 0.25) is 5.02 Å². The van der Waals surface area contributed by atoms with Gasteiger partial charge in [0.2, 0.25) is 0 Å². The first kappa shape index (κ1) is 14.2. The monoisotopic (exact) mass is 391 g/mol. The number of carbonyl (C=O) groups excluding carboxylic acids is 1. The average molecular weight is 392 g/mol. The summed E-state index contributed by atoms with van der Waals surface area (Å²) in [6, 6.07) is 8.69. The van der Waals surface area contributed by atoms with Gasteiger partial charge in [-0.3, -0.25) is 0 Å². The van der Waals surface area contributed by atoms with Gasteiger partial charge >= 0.3 is 5.97 Å². The van der Waals surface area contributed by atoms with Crippen molar-refractivity contribution in [2.75, 3.05) is 12.4 Å². The molecule has 0 amide bonds. The summed E-state index contributed by atoms with van der Waals surface area (Å²) in [5.74, 6) is 0.399. The van der Waals surface area contributed by atoms with E-state index in [1.165, 1.54) is 7.11 Å². The number of nitrogens with one attached hydrogen (secondary N) is 1. The molecule has 2 aromatic rings. The van der Waals surface area contributed by atoms with E-state index < -0.39 is 5.97 Å². The Morgan fingerprint density at radius 3 is 2.84 bits per heavy atom. The molecule has 6 heteroatoms. The highest BCUT2D eigenvalue weighted by Crippen LogP contribution is 2.24. The highest BCUT2D eigenvalue weighted by molar-refractivity contribution is 14.1. The van der Waals surface area contributed by atoms with Crippen LogP contribution < -0.4 is 5.32 Å². The van der Waals surface area contributed by atoms with E-state index in [1.54, 1.807) is 18.2 Å². The van der Waals surface area contributed by atoms with Crippen LogP contribution in [0, 0.1) is 3.77 Å². The third kappa shape index (κ3) is 3.63. The number of halogens is 2. The molecule has 4 nitrogen and oxygen atoms in total. The van der Waals surface area contributed by atoms with E-state index in [4.69, 9.17) is 16.0 Å². The van der Waals surface area contributed by atoms with E-state index in [0.29, 0.717) is 22.8 Å². The molecule has 2 rings (SSSR count). The van der Waals surface area contributed by atoms with Gasteiger partial charge in [0.05, 0.1) is 29.9 Å². The standard InChI is InChI=1S/C13H11ClINO3/c1-18-13(17)8-2-4-10(14)11(6-8)16-7-9-3-5-12(15)19-9/h2-6,16H,7H2,1H3. The van der Waals surface area contributed by atoms with Crippen LogP contribution in [0.1, 0.15) is 16.1 Å². The van der Waals surface area contributed by atoms with Crippen molar-refractivity contribution in [2.45, 2.75) is 6.54 Å². The zero-order valence-corrected chi connectivity index (χ0v) is 13.0. The van der Waals surface area contributed by atoms with Crippen molar-refractivity contribution in [3.63, 3.8) is 0 Å². The SMILES string of the molecule is COC(=O)c1ccc(Cl)c(NCc2ccc(I)o2)c1. The molecule has 0 saturated carbocycles. The second-order valence-electron chi connectivity index (χ2n) is 3.75. The quantitative estimate of drug-likeness (QED) is 0.634. The Labute approximate surface area is 129 Å². The fourth-order valence-electron chi connectivity index (χ4n) is 1.53. The van der Waals surface area contributed by atoms with Crippen LogP contribution >= 0.6 is 34.2 Å². The fraction of sp³-hybridized carbons (Fsp3) is 0.154. The predicted molar refractivity (Wildman–Crippen MR) is 81.5 cm³/mol. The Morgan fingerprint density at radius 1 is 1.42 bits per heavy atom. The molecule has 1 aromatic heterocycles. The van der Waals surface area contributed by atoms with Gasteiger partial charge < -0.3 is 14.5 Å². The van der Waals surface area contributed by atoms with Gasteiger partial charge in [0, 0.05) is 0 Å². The van der Waals surface area contributed by atoms with E-state index in [-0.39, 0.29) is 0 Å². The van der Waals surface area contributed by atoms with E-state index in [9.17, 15) is 4.79 Å². The largest absolute Gasteiger partial charge is 0.465 e. The Kier molecular flexibility index (Phi) is 4.71. The van der Waals surface area contributed by atoms with Gasteiger partial charge in [-0.15, -0.1) is 0 Å². The van der Waals surface area contributed by atoms with Crippen LogP contribution in [0.5, 0.6) is 0 Å². The molecule has 1 heterocycles. The minimum atomic E-state index is -0.396. The van der Waals surface area contributed by atoms with E-state index in [2.05, 4.69) is 32.6 Å². The number of anilines is 1. The molecule has 0 unspecified atom stereocenters. The molecule has 0 aliphatic carbocycles. The lowest BCUT2D eigenvalue weighted by atomic mass is 10.2. The maximum atomic E-state index is 11.4. The summed E-state index contributed by atoms with van der Waals surface area (Å²) in [5, 5.41) is 3.66. The van der Waals surface area contributed by atoms with Crippen molar-refractivity contribution in [1.29, 1.82) is 0 Å². The average Bonchev–Trinajstić information content (AvgIpc) is 2.82. The third-order valence-corrected chi connectivity index (χ3v) is 3.38. The number of ether oxygens (including phenoxy) is 1. The fourth-order valence-corrected chi connectivity index (χ4v) is 2.18. The van der Waals surface area contributed by atoms with Gasteiger partial charge in [0.1, 0.15) is 5.76 Å². The summed E-state index contributed by atoms with van der Waals surface area (Å²) in [4.78, 5) is 11.4. The first-order chi connectivity index (χ1) is 9.10. The molecule has 0 aliphatic heterocycles. The van der Waals surface area contributed by atoms with E-state index in [0.717, 1.165) is 9.53 Å². The molecule has 0 aliphatic rings. The van der Waals surface area contributed by atoms with Gasteiger partial charge in [-0.25, -0.2) is 4.79 Å². The van der Waals surface area contributed by atoms with Crippen LogP contribution in [-0.4, -0.2) is 13.1 Å². The maximum Gasteiger partial charge on any atom is 0.337 e. The molecule has 0 spiro atoms. The van der Waals surface area contributed by atoms with Gasteiger partial charge in [0.15, 0.2) is 3.77 Å². The minimum Gasteiger partial charge on any atom is -0.465 e. The van der Waals surface area contributed by atoms with Crippen molar-refractivity contribution in [3.05, 3.63) is 50.4 Å². The molecule has 1 aromatic carbocycles. The molecule has 0 saturated heterocycles. The van der Waals surface area contributed by atoms with Crippen LogP contribution in [0.15, 0.2) is 34.7 Å². The molecular weight excluding hydrogens is 381 g/mol. The molecule has 100 valence electrons. The lowest BCUT2D eigenvalue weighted by molar-refractivity contribution is 0.0601. The van der Waals surface area contributed by atoms with Gasteiger partial charge in [-0.05, 0) is 52.9 Å². The first-order valence-electron chi connectivity index (χ1n) is 5.46. The zero-order chi connectivity index (χ0) is 13.8. The van der Waals surface area contributed by atoms with Crippen molar-refractivity contribution >= 4 is 45.8 Å². The van der Waals surface area contributed by atoms with E-state index in [1.807, 2.05) is 12.1 Å². The van der Waals surface area contributed by atoms with Gasteiger partial charge in [-0.1, -0.05) is 11.6 Å². The number of esters is 1. The van der Waals surface area contributed by atoms with E-state index >= 15 is 0 Å². The molecule has 1 N–H and O–H groups in total. The number of benzene rings is 1. The minimum absolute atomic E-state index is 0.396. The first-order valence-corrected chi connectivity index (χ1v) is 6.92. The summed E-state index contributed by atoms with van der Waals surface area (Å²) in [6.07, 6.45) is 0. The Bertz CT molecular complexity index is 597. The van der Waals surface area contributed by atoms with Crippen molar-refractivity contribution in [3.8, 4) is 0 Å². The number of methoxy groups -OCH3 is 1. The highest BCUT2D eigenvalue weighted by atomic mass is 127. The molecule has 0 bridgehead atoms. The summed E-state index contributed by atoms with van der Waals surface area (Å²) >= 11 is 8.17. The predicted octanol–water partition coefficient (Wildman–Crippen LogP) is 3.94. The van der Waals surface area contributed by atoms with Crippen molar-refractivity contribution in [1.82, 2.24) is 0 Å². The number of rotatable bonds is 4. The maximum absolute atomic E-state index is 11.4. The van der Waals surface area contributed by atoms with Gasteiger partial charge in [0.25, 0.3) is 0 Å². The normalized spacial score (nSPS) is 10.3. The Balaban J connectivity index is 2.12. The number of hydrogen-bond donors (Lipinski definition) is 1. The van der Waals surface area contributed by atoms with Crippen LogP contribution in [-0.2, 0) is 11.3 Å². The summed E-state index contributed by atoms with van der Waals surface area (Å²) in [6.45, 7) is 0.493. The van der Waals surface area contributed by atoms with Crippen molar-refractivity contribution < 1.29 is 13.9 Å². The highest BCUT2D eigenvalue weighted by Gasteiger charge is 2.09. The Morgan fingerprint density at radius 2 is 2.21 bits per heavy atom. The lowest BCUT2D eigenvalue weighted by Crippen LogP contribution is -2.04.